The van der Waals surface area contributed by atoms with Crippen molar-refractivity contribution in [1.29, 1.82) is 0 Å². The van der Waals surface area contributed by atoms with Crippen molar-refractivity contribution in [2.75, 3.05) is 33.4 Å². The first kappa shape index (κ1) is 32.1. The zero-order valence-corrected chi connectivity index (χ0v) is 28.2. The number of hydrogen-bond donors (Lipinski definition) is 1. The minimum atomic E-state index is -0.811. The third-order valence-electron chi connectivity index (χ3n) is 9.89. The molecule has 1 N–H and O–H groups in total. The van der Waals surface area contributed by atoms with Crippen LogP contribution in [0.3, 0.4) is 0 Å². The molecular weight excluding hydrogens is 633 g/mol. The molecule has 248 valence electrons. The third-order valence-corrected chi connectivity index (χ3v) is 10.8. The fraction of sp³-hybridized carbons (Fsp3) is 0.324. The van der Waals surface area contributed by atoms with Crippen LogP contribution in [0.5, 0.6) is 5.75 Å². The fourth-order valence-electron chi connectivity index (χ4n) is 7.08. The van der Waals surface area contributed by atoms with E-state index in [4.69, 9.17) is 14.8 Å². The van der Waals surface area contributed by atoms with E-state index >= 15 is 4.39 Å². The average molecular weight is 670 g/mol. The van der Waals surface area contributed by atoms with Crippen molar-refractivity contribution in [3.8, 4) is 39.5 Å². The largest absolute Gasteiger partial charge is 0.490 e. The molecule has 0 aliphatic carbocycles. The van der Waals surface area contributed by atoms with E-state index in [9.17, 15) is 14.3 Å². The van der Waals surface area contributed by atoms with Crippen molar-refractivity contribution in [2.24, 2.45) is 0 Å². The SMILES string of the molecule is C=CC(=O)N1CCn2nc(-c3nc(-c4ccc5c(c4)CCN(C)C5(C)C)c4ccsc4c3-c3c(F)cc(F)cc3OCCO)cc2[C@H]1C. The molecule has 3 aromatic heterocycles. The molecule has 0 radical (unpaired) electrons. The lowest BCUT2D eigenvalue weighted by Crippen LogP contribution is -2.43. The number of carbonyl (C=O) groups excluding carboxylic acids is 1. The number of likely N-dealkylation sites (N-methyl/N-ethyl adjacent to an activating group) is 1. The number of hydrogen-bond acceptors (Lipinski definition) is 7. The van der Waals surface area contributed by atoms with Gasteiger partial charge in [0.15, 0.2) is 0 Å². The van der Waals surface area contributed by atoms with Crippen molar-refractivity contribution >= 4 is 27.3 Å². The number of aromatic nitrogens is 3. The summed E-state index contributed by atoms with van der Waals surface area (Å²) < 4.78 is 39.0. The van der Waals surface area contributed by atoms with Gasteiger partial charge in [0.1, 0.15) is 35.4 Å². The molecule has 2 aromatic carbocycles. The number of aliphatic hydroxyl groups excluding tert-OH is 1. The first-order chi connectivity index (χ1) is 23.0. The van der Waals surface area contributed by atoms with Gasteiger partial charge in [-0.2, -0.15) is 5.10 Å². The number of ether oxygens (including phenoxy) is 1. The van der Waals surface area contributed by atoms with Crippen LogP contribution >= 0.6 is 11.3 Å². The van der Waals surface area contributed by atoms with Crippen LogP contribution < -0.4 is 4.74 Å². The number of amides is 1. The number of benzene rings is 2. The summed E-state index contributed by atoms with van der Waals surface area (Å²) in [5, 5.41) is 17.2. The van der Waals surface area contributed by atoms with Gasteiger partial charge < -0.3 is 14.7 Å². The molecule has 8 nitrogen and oxygen atoms in total. The Labute approximate surface area is 281 Å². The van der Waals surface area contributed by atoms with Crippen LogP contribution in [-0.2, 0) is 23.3 Å². The normalized spacial score (nSPS) is 17.3. The number of nitrogens with zero attached hydrogens (tertiary/aromatic N) is 5. The Morgan fingerprint density at radius 3 is 2.71 bits per heavy atom. The number of pyridine rings is 1. The Morgan fingerprint density at radius 2 is 1.94 bits per heavy atom. The van der Waals surface area contributed by atoms with Gasteiger partial charge in [-0.1, -0.05) is 18.7 Å². The van der Waals surface area contributed by atoms with E-state index in [0.29, 0.717) is 30.0 Å². The van der Waals surface area contributed by atoms with Crippen molar-refractivity contribution in [1.82, 2.24) is 24.6 Å². The van der Waals surface area contributed by atoms with Crippen LogP contribution in [0.25, 0.3) is 43.9 Å². The molecule has 7 rings (SSSR count). The van der Waals surface area contributed by atoms with E-state index in [2.05, 4.69) is 50.6 Å². The van der Waals surface area contributed by atoms with Gasteiger partial charge in [-0.05, 0) is 75.0 Å². The number of thiophene rings is 1. The molecule has 5 aromatic rings. The van der Waals surface area contributed by atoms with Gasteiger partial charge in [0.05, 0.1) is 36.1 Å². The molecule has 0 unspecified atom stereocenters. The Kier molecular flexibility index (Phi) is 8.17. The second-order valence-corrected chi connectivity index (χ2v) is 13.8. The second-order valence-electron chi connectivity index (χ2n) is 12.9. The summed E-state index contributed by atoms with van der Waals surface area (Å²) in [5.74, 6) is -1.81. The number of fused-ring (bicyclic) bond motifs is 3. The summed E-state index contributed by atoms with van der Waals surface area (Å²) in [7, 11) is 2.14. The molecule has 0 saturated carbocycles. The highest BCUT2D eigenvalue weighted by atomic mass is 32.1. The molecule has 0 fully saturated rings. The van der Waals surface area contributed by atoms with Crippen LogP contribution in [0.1, 0.15) is 43.6 Å². The van der Waals surface area contributed by atoms with Crippen LogP contribution in [0.4, 0.5) is 8.78 Å². The average Bonchev–Trinajstić information content (AvgIpc) is 3.73. The predicted molar refractivity (Wildman–Crippen MR) is 184 cm³/mol. The lowest BCUT2D eigenvalue weighted by atomic mass is 9.82. The minimum Gasteiger partial charge on any atom is -0.490 e. The summed E-state index contributed by atoms with van der Waals surface area (Å²) in [6.07, 6.45) is 2.21. The molecule has 0 bridgehead atoms. The number of rotatable bonds is 7. The first-order valence-corrected chi connectivity index (χ1v) is 16.9. The summed E-state index contributed by atoms with van der Waals surface area (Å²) in [6, 6.07) is 12.0. The highest BCUT2D eigenvalue weighted by Gasteiger charge is 2.34. The van der Waals surface area contributed by atoms with Crippen LogP contribution in [0.2, 0.25) is 0 Å². The van der Waals surface area contributed by atoms with E-state index in [1.807, 2.05) is 29.1 Å². The Balaban J connectivity index is 1.49. The quantitative estimate of drug-likeness (QED) is 0.189. The van der Waals surface area contributed by atoms with Gasteiger partial charge in [-0.15, -0.1) is 11.3 Å². The van der Waals surface area contributed by atoms with Crippen LogP contribution in [0.15, 0.2) is 60.5 Å². The molecule has 11 heteroatoms. The molecule has 2 aliphatic rings. The minimum absolute atomic E-state index is 0.0349. The van der Waals surface area contributed by atoms with Crippen LogP contribution in [-0.4, -0.2) is 68.9 Å². The lowest BCUT2D eigenvalue weighted by Gasteiger charge is -2.41. The number of halogens is 2. The fourth-order valence-corrected chi connectivity index (χ4v) is 8.03. The highest BCUT2D eigenvalue weighted by Crippen LogP contribution is 2.48. The Hall–Kier alpha value is -4.45. The third kappa shape index (κ3) is 5.21. The van der Waals surface area contributed by atoms with Gasteiger partial charge in [-0.25, -0.2) is 13.8 Å². The van der Waals surface area contributed by atoms with Gasteiger partial charge in [0, 0.05) is 52.0 Å². The predicted octanol–water partition coefficient (Wildman–Crippen LogP) is 6.96. The molecule has 48 heavy (non-hydrogen) atoms. The van der Waals surface area contributed by atoms with Crippen LogP contribution in [0, 0.1) is 11.6 Å². The topological polar surface area (TPSA) is 83.7 Å². The highest BCUT2D eigenvalue weighted by molar-refractivity contribution is 7.18. The van der Waals surface area contributed by atoms with E-state index in [-0.39, 0.29) is 42.0 Å². The Morgan fingerprint density at radius 1 is 1.12 bits per heavy atom. The number of aliphatic hydroxyl groups is 1. The van der Waals surface area contributed by atoms with Gasteiger partial charge in [-0.3, -0.25) is 14.4 Å². The van der Waals surface area contributed by atoms with Crippen molar-refractivity contribution in [2.45, 2.75) is 45.3 Å². The standard InChI is InChI=1S/C37H37F2N5O3S/c1-6-31(46)43-12-13-44-29(21(43)2)20-28(41-44)35-33(32-27(39)18-24(38)19-30(32)47-15-14-45)36-25(10-16-48-36)34(40-35)23-7-8-26-22(17-23)9-11-42(5)37(26,3)4/h6-8,10,16-21,45H,1,9,11-15H2,2-5H3/t21-/m1/s1. The van der Waals surface area contributed by atoms with Crippen molar-refractivity contribution < 1.29 is 23.4 Å². The van der Waals surface area contributed by atoms with E-state index < -0.39 is 11.6 Å². The second kappa shape index (κ2) is 12.2. The molecule has 1 atom stereocenters. The maximum Gasteiger partial charge on any atom is 0.246 e. The maximum absolute atomic E-state index is 16.0. The van der Waals surface area contributed by atoms with Crippen molar-refractivity contribution in [3.05, 3.63) is 89.0 Å². The molecule has 0 saturated heterocycles. The monoisotopic (exact) mass is 669 g/mol. The molecule has 5 heterocycles. The summed E-state index contributed by atoms with van der Waals surface area (Å²) in [5.41, 5.74) is 6.26. The molecule has 0 spiro atoms. The smallest absolute Gasteiger partial charge is 0.246 e. The Bertz CT molecular complexity index is 2090. The van der Waals surface area contributed by atoms with Gasteiger partial charge in [0.25, 0.3) is 0 Å². The summed E-state index contributed by atoms with van der Waals surface area (Å²) >= 11 is 1.43. The molecular formula is C37H37F2N5O3S. The van der Waals surface area contributed by atoms with E-state index in [1.165, 1.54) is 28.5 Å². The van der Waals surface area contributed by atoms with Crippen molar-refractivity contribution in [3.63, 3.8) is 0 Å². The maximum atomic E-state index is 16.0. The van der Waals surface area contributed by atoms with E-state index in [0.717, 1.165) is 52.1 Å². The summed E-state index contributed by atoms with van der Waals surface area (Å²) in [4.78, 5) is 22.0. The molecule has 2 aliphatic heterocycles. The van der Waals surface area contributed by atoms with Gasteiger partial charge in [0.2, 0.25) is 5.91 Å². The number of carbonyl (C=O) groups is 1. The molecule has 1 amide bonds. The zero-order chi connectivity index (χ0) is 33.9. The first-order valence-electron chi connectivity index (χ1n) is 16.0. The summed E-state index contributed by atoms with van der Waals surface area (Å²) in [6.45, 7) is 11.4. The lowest BCUT2D eigenvalue weighted by molar-refractivity contribution is -0.129. The zero-order valence-electron chi connectivity index (χ0n) is 27.4. The van der Waals surface area contributed by atoms with Gasteiger partial charge >= 0.3 is 0 Å². The van der Waals surface area contributed by atoms with E-state index in [1.54, 1.807) is 4.90 Å².